The van der Waals surface area contributed by atoms with E-state index in [9.17, 15) is 21.0 Å². The molecular formula is C46H21ClN4. The van der Waals surface area contributed by atoms with Crippen molar-refractivity contribution in [2.24, 2.45) is 0 Å². The monoisotopic (exact) mass is 664 g/mol. The Kier molecular flexibility index (Phi) is 6.71. The third-order valence-corrected chi connectivity index (χ3v) is 10.3. The van der Waals surface area contributed by atoms with Crippen LogP contribution in [0.25, 0.3) is 88.0 Å². The van der Waals surface area contributed by atoms with Crippen molar-refractivity contribution in [1.29, 1.82) is 21.0 Å². The molecule has 0 N–H and O–H groups in total. The van der Waals surface area contributed by atoms with Gasteiger partial charge in [-0.1, -0.05) is 103 Å². The largest absolute Gasteiger partial charge is 0.192 e. The van der Waals surface area contributed by atoms with Gasteiger partial charge in [0.05, 0.1) is 46.5 Å². The SMILES string of the molecule is N#Cc1ccc(-c2c3c(c(-c4ccc(C#N)cc4C#N)c4cc(-c5cccc6ccccc56)c(Cl)cc24)-c2cccc4cccc-3c24)c(C#N)c1. The molecule has 0 amide bonds. The van der Waals surface area contributed by atoms with Crippen LogP contribution < -0.4 is 0 Å². The van der Waals surface area contributed by atoms with Crippen LogP contribution in [0.1, 0.15) is 22.3 Å². The molecule has 232 valence electrons. The maximum atomic E-state index is 10.5. The van der Waals surface area contributed by atoms with Crippen LogP contribution in [0, 0.1) is 45.3 Å². The van der Waals surface area contributed by atoms with Crippen molar-refractivity contribution in [3.63, 3.8) is 0 Å². The molecule has 0 aliphatic heterocycles. The molecular weight excluding hydrogens is 644 g/mol. The quantitative estimate of drug-likeness (QED) is 0.188. The summed E-state index contributed by atoms with van der Waals surface area (Å²) >= 11 is 7.34. The number of hydrogen-bond donors (Lipinski definition) is 0. The molecule has 8 aromatic rings. The second-order valence-corrected chi connectivity index (χ2v) is 13.0. The first-order valence-corrected chi connectivity index (χ1v) is 16.7. The maximum absolute atomic E-state index is 10.5. The zero-order valence-corrected chi connectivity index (χ0v) is 27.5. The molecule has 1 aliphatic rings. The number of rotatable bonds is 3. The Labute approximate surface area is 298 Å². The predicted octanol–water partition coefficient (Wildman–Crippen LogP) is 11.9. The number of benzene rings is 8. The van der Waals surface area contributed by atoms with Gasteiger partial charge < -0.3 is 0 Å². The lowest BCUT2D eigenvalue weighted by Crippen LogP contribution is -1.98. The molecule has 0 saturated carbocycles. The number of fused-ring (bicyclic) bond motifs is 5. The molecule has 5 heteroatoms. The van der Waals surface area contributed by atoms with E-state index in [1.807, 2.05) is 48.5 Å². The first-order valence-electron chi connectivity index (χ1n) is 16.3. The van der Waals surface area contributed by atoms with Crippen LogP contribution >= 0.6 is 11.6 Å². The first kappa shape index (κ1) is 29.9. The highest BCUT2D eigenvalue weighted by Crippen LogP contribution is 2.59. The van der Waals surface area contributed by atoms with Gasteiger partial charge in [0.2, 0.25) is 0 Å². The van der Waals surface area contributed by atoms with Gasteiger partial charge in [0.15, 0.2) is 0 Å². The summed E-state index contributed by atoms with van der Waals surface area (Å²) in [6.07, 6.45) is 0. The van der Waals surface area contributed by atoms with Gasteiger partial charge in [-0.05, 0) is 108 Å². The highest BCUT2D eigenvalue weighted by molar-refractivity contribution is 6.36. The van der Waals surface area contributed by atoms with Crippen LogP contribution in [0.2, 0.25) is 5.02 Å². The van der Waals surface area contributed by atoms with Crippen molar-refractivity contribution in [2.45, 2.75) is 0 Å². The average Bonchev–Trinajstić information content (AvgIpc) is 3.51. The molecule has 0 unspecified atom stereocenters. The van der Waals surface area contributed by atoms with E-state index in [4.69, 9.17) is 11.6 Å². The summed E-state index contributed by atoms with van der Waals surface area (Å²) in [6.45, 7) is 0. The summed E-state index contributed by atoms with van der Waals surface area (Å²) in [4.78, 5) is 0. The molecule has 0 atom stereocenters. The van der Waals surface area contributed by atoms with Gasteiger partial charge in [0.1, 0.15) is 0 Å². The van der Waals surface area contributed by atoms with Crippen LogP contribution in [0.4, 0.5) is 0 Å². The lowest BCUT2D eigenvalue weighted by Gasteiger charge is -2.23. The topological polar surface area (TPSA) is 95.2 Å². The van der Waals surface area contributed by atoms with Crippen LogP contribution in [-0.2, 0) is 0 Å². The third kappa shape index (κ3) is 4.36. The van der Waals surface area contributed by atoms with Crippen LogP contribution in [0.15, 0.2) is 127 Å². The van der Waals surface area contributed by atoms with Crippen LogP contribution in [0.5, 0.6) is 0 Å². The average molecular weight is 665 g/mol. The fourth-order valence-corrected chi connectivity index (χ4v) is 8.14. The number of nitrogens with zero attached hydrogens (tertiary/aromatic N) is 4. The summed E-state index contributed by atoms with van der Waals surface area (Å²) < 4.78 is 0. The maximum Gasteiger partial charge on any atom is 0.0998 e. The van der Waals surface area contributed by atoms with Gasteiger partial charge in [0, 0.05) is 21.7 Å². The number of hydrogen-bond acceptors (Lipinski definition) is 4. The zero-order valence-electron chi connectivity index (χ0n) is 26.8. The predicted molar refractivity (Wildman–Crippen MR) is 204 cm³/mol. The Morgan fingerprint density at radius 1 is 0.373 bits per heavy atom. The van der Waals surface area contributed by atoms with Gasteiger partial charge in [0.25, 0.3) is 0 Å². The van der Waals surface area contributed by atoms with E-state index in [1.54, 1.807) is 24.3 Å². The van der Waals surface area contributed by atoms with E-state index in [0.29, 0.717) is 38.4 Å². The lowest BCUT2D eigenvalue weighted by molar-refractivity contribution is 1.44. The van der Waals surface area contributed by atoms with Crippen molar-refractivity contribution >= 4 is 43.9 Å². The molecule has 0 aromatic heterocycles. The highest BCUT2D eigenvalue weighted by atomic mass is 35.5. The summed E-state index contributed by atoms with van der Waals surface area (Å²) in [5.41, 5.74) is 10.3. The van der Waals surface area contributed by atoms with Gasteiger partial charge in [-0.2, -0.15) is 21.0 Å². The van der Waals surface area contributed by atoms with Gasteiger partial charge >= 0.3 is 0 Å². The Balaban J connectivity index is 1.55. The molecule has 0 radical (unpaired) electrons. The smallest absolute Gasteiger partial charge is 0.0998 e. The van der Waals surface area contributed by atoms with E-state index >= 15 is 0 Å². The van der Waals surface area contributed by atoms with Gasteiger partial charge in [-0.15, -0.1) is 0 Å². The Morgan fingerprint density at radius 3 is 1.45 bits per heavy atom. The van der Waals surface area contributed by atoms with Gasteiger partial charge in [-0.3, -0.25) is 0 Å². The molecule has 9 rings (SSSR count). The molecule has 1 aliphatic carbocycles. The molecule has 0 saturated heterocycles. The minimum Gasteiger partial charge on any atom is -0.192 e. The fourth-order valence-electron chi connectivity index (χ4n) is 7.88. The molecule has 0 spiro atoms. The van der Waals surface area contributed by atoms with Crippen molar-refractivity contribution < 1.29 is 0 Å². The third-order valence-electron chi connectivity index (χ3n) is 10.00. The molecule has 0 heterocycles. The standard InChI is InChI=1S/C46H21ClN4/c47-41-21-40-39(20-38(41)35-11-3-7-28-6-1-2-10-32(28)35)43(33-16-14-26(22-48)18-30(33)24-50)45-36-12-4-8-29-9-5-13-37(42(29)36)46(45)44(40)34-17-15-27(23-49)19-31(34)25-51/h1-21H. The minimum absolute atomic E-state index is 0.374. The van der Waals surface area contributed by atoms with Crippen molar-refractivity contribution in [1.82, 2.24) is 0 Å². The summed E-state index contributed by atoms with van der Waals surface area (Å²) in [7, 11) is 0. The van der Waals surface area contributed by atoms with Crippen molar-refractivity contribution in [3.05, 3.63) is 155 Å². The minimum atomic E-state index is 0.374. The summed E-state index contributed by atoms with van der Waals surface area (Å²) in [5, 5.41) is 47.0. The molecule has 51 heavy (non-hydrogen) atoms. The van der Waals surface area contributed by atoms with E-state index in [2.05, 4.69) is 78.9 Å². The second-order valence-electron chi connectivity index (χ2n) is 12.6. The van der Waals surface area contributed by atoms with Gasteiger partial charge in [-0.25, -0.2) is 0 Å². The number of halogens is 1. The Morgan fingerprint density at radius 2 is 0.882 bits per heavy atom. The normalized spacial score (nSPS) is 11.2. The molecule has 8 aromatic carbocycles. The Hall–Kier alpha value is -7.21. The van der Waals surface area contributed by atoms with E-state index < -0.39 is 0 Å². The Bertz CT molecular complexity index is 3030. The van der Waals surface area contributed by atoms with E-state index in [0.717, 1.165) is 76.8 Å². The zero-order chi connectivity index (χ0) is 34.8. The number of nitriles is 4. The summed E-state index contributed by atoms with van der Waals surface area (Å²) in [6, 6.07) is 50.5. The van der Waals surface area contributed by atoms with Crippen molar-refractivity contribution in [2.75, 3.05) is 0 Å². The summed E-state index contributed by atoms with van der Waals surface area (Å²) in [5.74, 6) is 0. The molecule has 0 fully saturated rings. The van der Waals surface area contributed by atoms with Crippen molar-refractivity contribution in [3.8, 4) is 79.9 Å². The van der Waals surface area contributed by atoms with E-state index in [1.165, 1.54) is 0 Å². The second kappa shape index (κ2) is 11.4. The van der Waals surface area contributed by atoms with Crippen LogP contribution in [-0.4, -0.2) is 0 Å². The molecule has 4 nitrogen and oxygen atoms in total. The van der Waals surface area contributed by atoms with Crippen LogP contribution in [0.3, 0.4) is 0 Å². The van der Waals surface area contributed by atoms with E-state index in [-0.39, 0.29) is 0 Å². The highest BCUT2D eigenvalue weighted by Gasteiger charge is 2.32. The molecule has 0 bridgehead atoms. The first-order chi connectivity index (χ1) is 25.0. The fraction of sp³-hybridized carbons (Fsp3) is 0. The lowest BCUT2D eigenvalue weighted by atomic mass is 9.79.